The lowest BCUT2D eigenvalue weighted by molar-refractivity contribution is 0.0747. The molecule has 4 heteroatoms. The second kappa shape index (κ2) is 6.65. The third-order valence-electron chi connectivity index (χ3n) is 4.61. The smallest absolute Gasteiger partial charge is 0.258 e. The molecule has 2 aromatic carbocycles. The highest BCUT2D eigenvalue weighted by atomic mass is 16.5. The number of fused-ring (bicyclic) bond motifs is 1. The number of hydrogen-bond acceptors (Lipinski definition) is 3. The van der Waals surface area contributed by atoms with Gasteiger partial charge in [-0.05, 0) is 40.3 Å². The van der Waals surface area contributed by atoms with Gasteiger partial charge in [0.15, 0.2) is 0 Å². The minimum Gasteiger partial charge on any atom is -0.496 e. The third kappa shape index (κ3) is 2.89. The van der Waals surface area contributed by atoms with Gasteiger partial charge in [0.05, 0.1) is 19.3 Å². The SMILES string of the molecule is COc1cc(CO)c(C(C)C)cc1C(=O)N1Cc2ccccc2C1. The van der Waals surface area contributed by atoms with Crippen molar-refractivity contribution in [3.8, 4) is 5.75 Å². The van der Waals surface area contributed by atoms with Gasteiger partial charge < -0.3 is 14.7 Å². The number of methoxy groups -OCH3 is 1. The predicted molar refractivity (Wildman–Crippen MR) is 93.0 cm³/mol. The molecular weight excluding hydrogens is 302 g/mol. The summed E-state index contributed by atoms with van der Waals surface area (Å²) < 4.78 is 5.42. The van der Waals surface area contributed by atoms with Crippen LogP contribution in [0, 0.1) is 0 Å². The third-order valence-corrected chi connectivity index (χ3v) is 4.61. The number of aliphatic hydroxyl groups is 1. The van der Waals surface area contributed by atoms with E-state index in [9.17, 15) is 9.90 Å². The van der Waals surface area contributed by atoms with Gasteiger partial charge in [0.2, 0.25) is 0 Å². The van der Waals surface area contributed by atoms with Crippen LogP contribution in [-0.4, -0.2) is 23.0 Å². The summed E-state index contributed by atoms with van der Waals surface area (Å²) in [4.78, 5) is 14.9. The first-order valence-electron chi connectivity index (χ1n) is 8.22. The molecule has 0 fully saturated rings. The second-order valence-electron chi connectivity index (χ2n) is 6.49. The molecule has 0 radical (unpaired) electrons. The molecule has 2 aromatic rings. The molecule has 1 aliphatic heterocycles. The van der Waals surface area contributed by atoms with Crippen molar-refractivity contribution >= 4 is 5.91 Å². The summed E-state index contributed by atoms with van der Waals surface area (Å²) in [6.45, 7) is 5.29. The summed E-state index contributed by atoms with van der Waals surface area (Å²) in [5.74, 6) is 0.708. The van der Waals surface area contributed by atoms with E-state index in [2.05, 4.69) is 26.0 Å². The molecule has 3 rings (SSSR count). The summed E-state index contributed by atoms with van der Waals surface area (Å²) >= 11 is 0. The van der Waals surface area contributed by atoms with Crippen molar-refractivity contribution in [2.45, 2.75) is 39.5 Å². The Labute approximate surface area is 142 Å². The normalized spacial score (nSPS) is 13.3. The fourth-order valence-electron chi connectivity index (χ4n) is 3.30. The van der Waals surface area contributed by atoms with Gasteiger partial charge in [-0.2, -0.15) is 0 Å². The minimum atomic E-state index is -0.0620. The van der Waals surface area contributed by atoms with Crippen molar-refractivity contribution in [1.82, 2.24) is 4.90 Å². The van der Waals surface area contributed by atoms with Gasteiger partial charge in [0.25, 0.3) is 5.91 Å². The number of amides is 1. The van der Waals surface area contributed by atoms with Crippen molar-refractivity contribution in [3.05, 3.63) is 64.2 Å². The van der Waals surface area contributed by atoms with Crippen LogP contribution in [0.25, 0.3) is 0 Å². The summed E-state index contributed by atoms with van der Waals surface area (Å²) in [7, 11) is 1.56. The molecule has 0 unspecified atom stereocenters. The maximum atomic E-state index is 13.1. The van der Waals surface area contributed by atoms with Crippen LogP contribution >= 0.6 is 0 Å². The van der Waals surface area contributed by atoms with Crippen LogP contribution in [0.2, 0.25) is 0 Å². The molecule has 1 heterocycles. The zero-order valence-electron chi connectivity index (χ0n) is 14.4. The molecule has 1 aliphatic rings. The summed E-state index contributed by atoms with van der Waals surface area (Å²) in [5.41, 5.74) is 4.74. The first-order valence-corrected chi connectivity index (χ1v) is 8.22. The van der Waals surface area contributed by atoms with Gasteiger partial charge in [-0.15, -0.1) is 0 Å². The lowest BCUT2D eigenvalue weighted by atomic mass is 9.94. The number of ether oxygens (including phenoxy) is 1. The molecule has 0 saturated carbocycles. The number of hydrogen-bond donors (Lipinski definition) is 1. The maximum Gasteiger partial charge on any atom is 0.258 e. The molecule has 0 aliphatic carbocycles. The summed E-state index contributed by atoms with van der Waals surface area (Å²) in [6.07, 6.45) is 0. The minimum absolute atomic E-state index is 0.0329. The fourth-order valence-corrected chi connectivity index (χ4v) is 3.30. The average molecular weight is 325 g/mol. The van der Waals surface area contributed by atoms with Crippen molar-refractivity contribution in [2.75, 3.05) is 7.11 Å². The van der Waals surface area contributed by atoms with E-state index >= 15 is 0 Å². The topological polar surface area (TPSA) is 49.8 Å². The summed E-state index contributed by atoms with van der Waals surface area (Å²) in [5, 5.41) is 9.60. The molecule has 0 spiro atoms. The molecule has 0 bridgehead atoms. The van der Waals surface area contributed by atoms with Crippen molar-refractivity contribution in [3.63, 3.8) is 0 Å². The zero-order chi connectivity index (χ0) is 17.3. The van der Waals surface area contributed by atoms with Crippen LogP contribution in [-0.2, 0) is 19.7 Å². The molecule has 126 valence electrons. The molecule has 0 aromatic heterocycles. The number of benzene rings is 2. The fraction of sp³-hybridized carbons (Fsp3) is 0.350. The molecule has 1 N–H and O–H groups in total. The van der Waals surface area contributed by atoms with Crippen LogP contribution in [0.5, 0.6) is 5.75 Å². The van der Waals surface area contributed by atoms with E-state index < -0.39 is 0 Å². The Bertz CT molecular complexity index is 742. The highest BCUT2D eigenvalue weighted by molar-refractivity contribution is 5.97. The number of aliphatic hydroxyl groups excluding tert-OH is 1. The first-order chi connectivity index (χ1) is 11.5. The van der Waals surface area contributed by atoms with E-state index in [0.717, 1.165) is 11.1 Å². The standard InChI is InChI=1S/C20H23NO3/c1-13(2)17-9-18(19(24-3)8-16(17)12-22)20(23)21-10-14-6-4-5-7-15(14)11-21/h4-9,13,22H,10-12H2,1-3H3. The van der Waals surface area contributed by atoms with Gasteiger partial charge in [-0.1, -0.05) is 38.1 Å². The largest absolute Gasteiger partial charge is 0.496 e. The lowest BCUT2D eigenvalue weighted by Crippen LogP contribution is -2.26. The molecular formula is C20H23NO3. The molecule has 1 amide bonds. The molecule has 4 nitrogen and oxygen atoms in total. The van der Waals surface area contributed by atoms with Gasteiger partial charge in [0, 0.05) is 13.1 Å². The quantitative estimate of drug-likeness (QED) is 0.936. The van der Waals surface area contributed by atoms with Gasteiger partial charge in [-0.25, -0.2) is 0 Å². The van der Waals surface area contributed by atoms with Gasteiger partial charge in [-0.3, -0.25) is 4.79 Å². The van der Waals surface area contributed by atoms with Gasteiger partial charge in [0.1, 0.15) is 5.75 Å². The highest BCUT2D eigenvalue weighted by Gasteiger charge is 2.27. The van der Waals surface area contributed by atoms with Crippen LogP contribution in [0.3, 0.4) is 0 Å². The monoisotopic (exact) mass is 325 g/mol. The predicted octanol–water partition coefficient (Wildman–Crippen LogP) is 3.47. The lowest BCUT2D eigenvalue weighted by Gasteiger charge is -2.20. The Morgan fingerprint density at radius 2 is 1.83 bits per heavy atom. The number of carbonyl (C=O) groups excluding carboxylic acids is 1. The average Bonchev–Trinajstić information content (AvgIpc) is 3.03. The number of carbonyl (C=O) groups is 1. The molecule has 0 atom stereocenters. The van der Waals surface area contributed by atoms with Crippen molar-refractivity contribution in [2.24, 2.45) is 0 Å². The van der Waals surface area contributed by atoms with E-state index in [0.29, 0.717) is 24.4 Å². The molecule has 24 heavy (non-hydrogen) atoms. The van der Waals surface area contributed by atoms with E-state index in [4.69, 9.17) is 4.74 Å². The van der Waals surface area contributed by atoms with E-state index in [1.807, 2.05) is 23.1 Å². The van der Waals surface area contributed by atoms with Crippen molar-refractivity contribution < 1.29 is 14.6 Å². The van der Waals surface area contributed by atoms with Crippen molar-refractivity contribution in [1.29, 1.82) is 0 Å². The Morgan fingerprint density at radius 1 is 1.21 bits per heavy atom. The van der Waals surface area contributed by atoms with E-state index in [1.165, 1.54) is 11.1 Å². The number of nitrogens with zero attached hydrogens (tertiary/aromatic N) is 1. The summed E-state index contributed by atoms with van der Waals surface area (Å²) in [6, 6.07) is 11.8. The number of rotatable bonds is 4. The van der Waals surface area contributed by atoms with Crippen LogP contribution < -0.4 is 4.74 Å². The Hall–Kier alpha value is -2.33. The zero-order valence-corrected chi connectivity index (χ0v) is 14.4. The second-order valence-corrected chi connectivity index (χ2v) is 6.49. The first kappa shape index (κ1) is 16.5. The van der Waals surface area contributed by atoms with Gasteiger partial charge >= 0.3 is 0 Å². The van der Waals surface area contributed by atoms with E-state index in [-0.39, 0.29) is 18.4 Å². The Morgan fingerprint density at radius 3 is 2.33 bits per heavy atom. The van der Waals surface area contributed by atoms with E-state index in [1.54, 1.807) is 13.2 Å². The maximum absolute atomic E-state index is 13.1. The van der Waals surface area contributed by atoms with Crippen LogP contribution in [0.15, 0.2) is 36.4 Å². The Kier molecular flexibility index (Phi) is 4.58. The Balaban J connectivity index is 1.97. The van der Waals surface area contributed by atoms with Crippen LogP contribution in [0.4, 0.5) is 0 Å². The molecule has 0 saturated heterocycles. The van der Waals surface area contributed by atoms with Crippen LogP contribution in [0.1, 0.15) is 52.4 Å². The highest BCUT2D eigenvalue weighted by Crippen LogP contribution is 2.32.